The summed E-state index contributed by atoms with van der Waals surface area (Å²) >= 11 is 9.38. The summed E-state index contributed by atoms with van der Waals surface area (Å²) in [5.74, 6) is 0.837. The molecule has 0 aliphatic carbocycles. The van der Waals surface area contributed by atoms with Crippen molar-refractivity contribution in [3.8, 4) is 0 Å². The van der Waals surface area contributed by atoms with Gasteiger partial charge in [-0.05, 0) is 230 Å². The maximum atomic E-state index is 11.9. The molecule has 7 saturated heterocycles. The molecule has 1 atom stereocenters. The molecule has 0 saturated carbocycles. The Labute approximate surface area is 750 Å². The summed E-state index contributed by atoms with van der Waals surface area (Å²) in [5.41, 5.74) is 21.1. The minimum atomic E-state index is -3.63. The fourth-order valence-corrected chi connectivity index (χ4v) is 14.0. The number of aliphatic hydroxyl groups excluding tert-OH is 1. The van der Waals surface area contributed by atoms with Gasteiger partial charge in [-0.3, -0.25) is 18.2 Å². The van der Waals surface area contributed by atoms with Gasteiger partial charge in [-0.15, -0.1) is 0 Å². The maximum absolute atomic E-state index is 11.9. The van der Waals surface area contributed by atoms with Crippen LogP contribution in [0.3, 0.4) is 0 Å². The number of nitrogen functional groups attached to an aromatic ring is 3. The average Bonchev–Trinajstić information content (AvgIpc) is 1.59. The minimum Gasteiger partial charge on any atom is -1.00 e. The van der Waals surface area contributed by atoms with E-state index in [0.29, 0.717) is 86.4 Å². The fourth-order valence-electron chi connectivity index (χ4n) is 10.9. The van der Waals surface area contributed by atoms with Gasteiger partial charge in [0, 0.05) is 80.4 Å². The Balaban J connectivity index is 0.000000353. The van der Waals surface area contributed by atoms with E-state index in [2.05, 4.69) is 75.8 Å². The number of hydrogen-bond donors (Lipinski definition) is 5. The number of ketones is 1. The molecule has 31 nitrogen and oxygen atoms in total. The minimum absolute atomic E-state index is 0. The Morgan fingerprint density at radius 2 is 1.07 bits per heavy atom. The first-order valence-corrected chi connectivity index (χ1v) is 44.3. The summed E-state index contributed by atoms with van der Waals surface area (Å²) in [7, 11) is -7.97. The van der Waals surface area contributed by atoms with Gasteiger partial charge in [0.2, 0.25) is 5.62 Å². The van der Waals surface area contributed by atoms with Gasteiger partial charge in [0.05, 0.1) is 88.8 Å². The number of carbonyl (C=O) groups excluding carboxylic acids is 2. The molecule has 1 unspecified atom stereocenters. The second-order valence-corrected chi connectivity index (χ2v) is 38.1. The molecule has 4 aromatic carbocycles. The van der Waals surface area contributed by atoms with Crippen molar-refractivity contribution >= 4 is 192 Å². The van der Waals surface area contributed by atoms with Crippen LogP contribution in [0.1, 0.15) is 154 Å². The molecule has 643 valence electrons. The summed E-state index contributed by atoms with van der Waals surface area (Å²) in [6.45, 7) is 33.5. The largest absolute Gasteiger partial charge is 1.00 e. The monoisotopic (exact) mass is 1930 g/mol. The summed E-state index contributed by atoms with van der Waals surface area (Å²) in [4.78, 5) is 36.5. The number of rotatable bonds is 8. The predicted molar refractivity (Wildman–Crippen MR) is 467 cm³/mol. The van der Waals surface area contributed by atoms with Gasteiger partial charge in [0.1, 0.15) is 32.7 Å². The van der Waals surface area contributed by atoms with E-state index in [1.165, 1.54) is 22.8 Å². The molecule has 11 heterocycles. The van der Waals surface area contributed by atoms with Gasteiger partial charge < -0.3 is 84.0 Å². The second kappa shape index (κ2) is 46.9. The van der Waals surface area contributed by atoms with Crippen LogP contribution in [0.4, 0.5) is 22.2 Å². The molecule has 15 rings (SSSR count). The Morgan fingerprint density at radius 1 is 0.661 bits per heavy atom. The topological polar surface area (TPSA) is 435 Å². The van der Waals surface area contributed by atoms with Crippen LogP contribution in [0.5, 0.6) is 0 Å². The number of carbonyl (C=O) groups is 2. The van der Waals surface area contributed by atoms with Gasteiger partial charge in [-0.1, -0.05) is 57.4 Å². The molecule has 7 aliphatic heterocycles. The van der Waals surface area contributed by atoms with Crippen molar-refractivity contribution < 1.29 is 137 Å². The van der Waals surface area contributed by atoms with Crippen LogP contribution in [0.2, 0.25) is 0 Å². The fraction of sp³-hybridized carbons (Fsp3) is 0.541. The molecule has 3 radical (unpaired) electrons. The summed E-state index contributed by atoms with van der Waals surface area (Å²) in [5, 5.41) is 14.2. The number of alkyl halides is 1. The van der Waals surface area contributed by atoms with E-state index in [4.69, 9.17) is 98.8 Å². The number of benzene rings is 4. The van der Waals surface area contributed by atoms with E-state index in [9.17, 15) is 35.0 Å². The Hall–Kier alpha value is -4.67. The van der Waals surface area contributed by atoms with Crippen molar-refractivity contribution in [1.82, 2.24) is 29.7 Å². The molecule has 44 heteroatoms. The molecule has 7 fully saturated rings. The number of anilines is 3. The SMILES string of the molecule is CC1(C)OB(B2OC(C)(C)C(C)(C)O2)OC1(C)C.CC1(C)OB(c2ccc3oc(N)nc3c2)OC1(C)C.Cc1ccc(S(=O)(=O)Cl)cc1.Cc1ccc(S(=O)(=O)OC2CCOCC2)cc1.Nc1nc2cc(Br)ccc2o1.Nc1ncnc2c1c(I)nn2C1CCOCC1.O=C1CCOCC1.O=CS(=O)(O)=C=S.OC1CCOCC1.[2H]CF.[B].[H-].[Na+]. The zero-order valence-electron chi connectivity index (χ0n) is 70.9. The van der Waals surface area contributed by atoms with Crippen LogP contribution < -0.4 is 52.2 Å². The average molecular weight is 1930 g/mol. The number of Topliss-reactive ketones (excluding diaryl/α,β-unsaturated/α-hetero) is 1. The maximum Gasteiger partial charge on any atom is 1.00 e. The molecule has 8 N–H and O–H groups in total. The van der Waals surface area contributed by atoms with Gasteiger partial charge in [0.15, 0.2) is 26.6 Å². The zero-order chi connectivity index (χ0) is 87.1. The number of thiocarbonyl (C=S) groups is 1. The first-order chi connectivity index (χ1) is 54.6. The van der Waals surface area contributed by atoms with E-state index >= 15 is 0 Å². The number of fused-ring (bicyclic) bond motifs is 3. The number of aryl methyl sites for hydroxylation is 2. The van der Waals surface area contributed by atoms with Crippen LogP contribution in [0.25, 0.3) is 33.2 Å². The smallest absolute Gasteiger partial charge is 1.00 e. The van der Waals surface area contributed by atoms with Crippen molar-refractivity contribution in [3.63, 3.8) is 0 Å². The van der Waals surface area contributed by atoms with E-state index in [1.807, 2.05) is 138 Å². The number of hydrogen-bond acceptors (Lipinski definition) is 30. The molecule has 0 bridgehead atoms. The molecule has 118 heavy (non-hydrogen) atoms. The third-order valence-corrected chi connectivity index (χ3v) is 24.8. The van der Waals surface area contributed by atoms with Gasteiger partial charge in [-0.25, -0.2) is 27.3 Å². The number of halogens is 4. The van der Waals surface area contributed by atoms with Gasteiger partial charge in [0.25, 0.3) is 31.2 Å². The van der Waals surface area contributed by atoms with Crippen molar-refractivity contribution in [2.45, 2.75) is 210 Å². The standard InChI is InChI=1S/C13H17BN2O3.C12H24B2O4.C12H16O4S.C10H12IN5O.C7H5BrN2O.C7H7ClO2S.C5H10O2.C5H8O2.C2H2O3S2.CH3F.B.Na.H/c1-12(2)13(3,4)19-14(18-12)8-5-6-10-9(7-8)16-11(15)17-10;1-9(2)10(3,4)16-13(15-9)14-17-11(5,6)12(7,8)18-14;1-10-2-4-12(5-3-10)17(13,14)16-11-6-8-15-9-7-11;11-8-7-9(12)13-5-14-10(7)16(15-8)6-1-3-17-4-2-6;8-4-1-2-6-5(3-4)10-7(9)11-6;1-6-2-4-7(5-3-6)11(8,9)10;2*6-5-1-3-7-4-2-5;3-1-7(4,5)2-6;1-2;;;/h5-7H,1-4H3,(H2,15,16);1-8H3;2-5,11H,6-9H2,1H3;5-6H,1-4H2,(H2,12,13,14);1-3H,(H2,9,10);2-5H,1H3;5-6H,1-4H2;1-4H2;1H,(H,4,5);1H3;;;/q;;;;;;;;;;;+1;-1/i;;;;;;;;;1D;;;. The summed E-state index contributed by atoms with van der Waals surface area (Å²) in [6, 6.07) is 25.0. The number of aromatic nitrogens is 6. The Kier molecular flexibility index (Phi) is 41.3. The van der Waals surface area contributed by atoms with Crippen molar-refractivity contribution in [1.29, 1.82) is 0 Å². The third kappa shape index (κ3) is 31.5. The van der Waals surface area contributed by atoms with Crippen LogP contribution in [0.15, 0.2) is 114 Å². The van der Waals surface area contributed by atoms with Crippen LogP contribution in [0, 0.1) is 17.5 Å². The molecule has 7 aliphatic rings. The predicted octanol–water partition coefficient (Wildman–Crippen LogP) is 8.91. The van der Waals surface area contributed by atoms with Crippen molar-refractivity contribution in [2.24, 2.45) is 0 Å². The molecule has 0 amide bonds. The quantitative estimate of drug-likeness (QED) is 0.0236. The van der Waals surface area contributed by atoms with Crippen molar-refractivity contribution in [2.75, 3.05) is 77.2 Å². The zero-order valence-corrected chi connectivity index (χ0v) is 78.7. The summed E-state index contributed by atoms with van der Waals surface area (Å²) < 4.78 is 156. The Bertz CT molecular complexity index is 4870. The van der Waals surface area contributed by atoms with Gasteiger partial charge >= 0.3 is 50.7 Å². The van der Waals surface area contributed by atoms with Crippen LogP contribution in [-0.2, 0) is 89.6 Å². The number of oxazole rings is 2. The second-order valence-electron chi connectivity index (χ2n) is 30.0. The number of nitrogens with two attached hydrogens (primary N) is 3. The van der Waals surface area contributed by atoms with E-state index in [-0.39, 0.29) is 113 Å². The molecular weight excluding hydrogens is 1820 g/mol. The molecule has 4 aromatic heterocycles. The van der Waals surface area contributed by atoms with E-state index in [1.54, 1.807) is 36.4 Å². The Morgan fingerprint density at radius 3 is 1.47 bits per heavy atom. The normalized spacial score (nSPS) is 19.5. The van der Waals surface area contributed by atoms with E-state index in [0.717, 1.165) is 93.4 Å². The van der Waals surface area contributed by atoms with E-state index < -0.39 is 57.3 Å². The number of aliphatic hydroxyl groups is 1. The summed E-state index contributed by atoms with van der Waals surface area (Å²) in [6.07, 6.45) is 7.23. The molecule has 0 spiro atoms. The molecular formula is C74H105B4BrClFIN9NaO22S4. The van der Waals surface area contributed by atoms with Crippen LogP contribution >= 0.6 is 61.4 Å². The van der Waals surface area contributed by atoms with Gasteiger partial charge in [-0.2, -0.15) is 23.5 Å². The first kappa shape index (κ1) is 104. The molecule has 8 aromatic rings. The first-order valence-electron chi connectivity index (χ1n) is 37.5. The third-order valence-electron chi connectivity index (χ3n) is 19.6. The number of ether oxygens (including phenoxy) is 4. The van der Waals surface area contributed by atoms with Crippen molar-refractivity contribution in [3.05, 3.63) is 111 Å². The number of nitrogens with zero attached hydrogens (tertiary/aromatic N) is 6. The van der Waals surface area contributed by atoms with Crippen LogP contribution in [-0.4, -0.2) is 212 Å².